The van der Waals surface area contributed by atoms with Gasteiger partial charge in [-0.25, -0.2) is 4.99 Å². The van der Waals surface area contributed by atoms with Gasteiger partial charge in [-0.3, -0.25) is 0 Å². The number of thioether (sulfide) groups is 1. The number of nitrogens with two attached hydrogens (primary N) is 1. The SMILES string of the molecule is CSC(N)=Nc1c2ccccc2c(C)c2ccccc12.Cl. The molecule has 0 aromatic heterocycles. The molecular formula is C17H17ClN2S. The van der Waals surface area contributed by atoms with Gasteiger partial charge in [0.2, 0.25) is 0 Å². The van der Waals surface area contributed by atoms with Crippen LogP contribution in [0.1, 0.15) is 5.56 Å². The summed E-state index contributed by atoms with van der Waals surface area (Å²) in [4.78, 5) is 4.63. The van der Waals surface area contributed by atoms with Gasteiger partial charge in [-0.1, -0.05) is 60.3 Å². The monoisotopic (exact) mass is 316 g/mol. The number of hydrogen-bond donors (Lipinski definition) is 1. The van der Waals surface area contributed by atoms with Gasteiger partial charge in [0.05, 0.1) is 5.69 Å². The molecule has 0 aliphatic carbocycles. The Bertz CT molecular complexity index is 770. The third kappa shape index (κ3) is 2.71. The minimum Gasteiger partial charge on any atom is -0.378 e. The Morgan fingerprint density at radius 2 is 1.33 bits per heavy atom. The topological polar surface area (TPSA) is 38.4 Å². The van der Waals surface area contributed by atoms with E-state index in [9.17, 15) is 0 Å². The second kappa shape index (κ2) is 6.37. The predicted molar refractivity (Wildman–Crippen MR) is 98.2 cm³/mol. The van der Waals surface area contributed by atoms with Crippen molar-refractivity contribution in [2.75, 3.05) is 6.26 Å². The van der Waals surface area contributed by atoms with Crippen LogP contribution in [0.15, 0.2) is 53.5 Å². The van der Waals surface area contributed by atoms with Gasteiger partial charge in [0.1, 0.15) is 0 Å². The Kier molecular flexibility index (Phi) is 4.76. The van der Waals surface area contributed by atoms with Crippen LogP contribution in [0.25, 0.3) is 21.5 Å². The summed E-state index contributed by atoms with van der Waals surface area (Å²) in [5, 5.41) is 5.36. The first-order valence-corrected chi connectivity index (χ1v) is 7.73. The molecule has 4 heteroatoms. The first kappa shape index (κ1) is 15.7. The van der Waals surface area contributed by atoms with E-state index < -0.39 is 0 Å². The second-order valence-electron chi connectivity index (χ2n) is 4.72. The fraction of sp³-hybridized carbons (Fsp3) is 0.118. The standard InChI is InChI=1S/C17H16N2S.ClH/c1-11-12-7-3-5-9-14(12)16(19-17(18)20-2)15-10-6-4-8-13(11)15;/h3-10H,1-2H3,(H2,18,19);1H. The lowest BCUT2D eigenvalue weighted by atomic mass is 9.96. The van der Waals surface area contributed by atoms with E-state index in [4.69, 9.17) is 5.73 Å². The summed E-state index contributed by atoms with van der Waals surface area (Å²) in [6.45, 7) is 2.16. The summed E-state index contributed by atoms with van der Waals surface area (Å²) in [7, 11) is 0. The molecule has 2 N–H and O–H groups in total. The second-order valence-corrected chi connectivity index (χ2v) is 5.55. The van der Waals surface area contributed by atoms with Gasteiger partial charge in [0.15, 0.2) is 5.17 Å². The number of aliphatic imine (C=N–C) groups is 1. The van der Waals surface area contributed by atoms with Crippen molar-refractivity contribution in [3.8, 4) is 0 Å². The van der Waals surface area contributed by atoms with Gasteiger partial charge in [-0.2, -0.15) is 0 Å². The van der Waals surface area contributed by atoms with Gasteiger partial charge in [-0.05, 0) is 29.5 Å². The minimum atomic E-state index is 0. The first-order chi connectivity index (χ1) is 9.72. The number of rotatable bonds is 1. The summed E-state index contributed by atoms with van der Waals surface area (Å²) in [6, 6.07) is 16.7. The van der Waals surface area contributed by atoms with E-state index in [1.165, 1.54) is 28.1 Å². The molecule has 0 radical (unpaired) electrons. The molecule has 0 saturated heterocycles. The van der Waals surface area contributed by atoms with Gasteiger partial charge in [0, 0.05) is 10.8 Å². The molecule has 0 fully saturated rings. The lowest BCUT2D eigenvalue weighted by molar-refractivity contribution is 1.53. The predicted octanol–water partition coefficient (Wildman–Crippen LogP) is 5.03. The molecule has 3 aromatic carbocycles. The van der Waals surface area contributed by atoms with Crippen molar-refractivity contribution in [1.29, 1.82) is 0 Å². The number of benzene rings is 3. The minimum absolute atomic E-state index is 0. The summed E-state index contributed by atoms with van der Waals surface area (Å²) in [5.41, 5.74) is 8.19. The van der Waals surface area contributed by atoms with Crippen LogP contribution in [0.5, 0.6) is 0 Å². The lowest BCUT2D eigenvalue weighted by Gasteiger charge is -2.12. The van der Waals surface area contributed by atoms with Crippen LogP contribution in [0, 0.1) is 6.92 Å². The highest BCUT2D eigenvalue weighted by molar-refractivity contribution is 8.13. The van der Waals surface area contributed by atoms with E-state index in [0.717, 1.165) is 16.5 Å². The van der Waals surface area contributed by atoms with E-state index in [1.54, 1.807) is 0 Å². The third-order valence-electron chi connectivity index (χ3n) is 3.60. The fourth-order valence-electron chi connectivity index (χ4n) is 2.60. The van der Waals surface area contributed by atoms with Crippen LogP contribution in [0.3, 0.4) is 0 Å². The molecule has 0 spiro atoms. The van der Waals surface area contributed by atoms with Crippen molar-refractivity contribution in [3.63, 3.8) is 0 Å². The molecule has 3 aromatic rings. The summed E-state index contributed by atoms with van der Waals surface area (Å²) >= 11 is 1.47. The Balaban J connectivity index is 0.00000161. The molecule has 0 aliphatic rings. The number of nitrogens with zero attached hydrogens (tertiary/aromatic N) is 1. The molecule has 0 bridgehead atoms. The highest BCUT2D eigenvalue weighted by atomic mass is 35.5. The Labute approximate surface area is 134 Å². The molecule has 0 saturated carbocycles. The number of halogens is 1. The molecule has 3 rings (SSSR count). The normalized spacial score (nSPS) is 11.6. The smallest absolute Gasteiger partial charge is 0.158 e. The van der Waals surface area contributed by atoms with Crippen LogP contribution < -0.4 is 5.73 Å². The third-order valence-corrected chi connectivity index (χ3v) is 4.11. The molecular weight excluding hydrogens is 300 g/mol. The van der Waals surface area contributed by atoms with Gasteiger partial charge >= 0.3 is 0 Å². The van der Waals surface area contributed by atoms with E-state index in [-0.39, 0.29) is 12.4 Å². The van der Waals surface area contributed by atoms with Crippen molar-refractivity contribution in [2.24, 2.45) is 10.7 Å². The fourth-order valence-corrected chi connectivity index (χ4v) is 2.78. The zero-order chi connectivity index (χ0) is 14.1. The zero-order valence-corrected chi connectivity index (χ0v) is 13.6. The maximum Gasteiger partial charge on any atom is 0.158 e. The maximum atomic E-state index is 5.94. The van der Waals surface area contributed by atoms with Crippen LogP contribution in [-0.4, -0.2) is 11.4 Å². The van der Waals surface area contributed by atoms with Gasteiger partial charge < -0.3 is 5.73 Å². The van der Waals surface area contributed by atoms with Crippen molar-refractivity contribution in [1.82, 2.24) is 0 Å². The molecule has 0 atom stereocenters. The van der Waals surface area contributed by atoms with E-state index in [0.29, 0.717) is 5.17 Å². The van der Waals surface area contributed by atoms with E-state index in [1.807, 2.05) is 18.4 Å². The van der Waals surface area contributed by atoms with Crippen molar-refractivity contribution >= 4 is 56.6 Å². The van der Waals surface area contributed by atoms with Crippen molar-refractivity contribution in [3.05, 3.63) is 54.1 Å². The van der Waals surface area contributed by atoms with Crippen LogP contribution in [0.2, 0.25) is 0 Å². The lowest BCUT2D eigenvalue weighted by Crippen LogP contribution is -2.04. The molecule has 21 heavy (non-hydrogen) atoms. The summed E-state index contributed by atoms with van der Waals surface area (Å²) < 4.78 is 0. The molecule has 0 aliphatic heterocycles. The van der Waals surface area contributed by atoms with Crippen molar-refractivity contribution in [2.45, 2.75) is 6.92 Å². The number of fused-ring (bicyclic) bond motifs is 2. The number of amidine groups is 1. The van der Waals surface area contributed by atoms with Crippen LogP contribution in [0.4, 0.5) is 5.69 Å². The molecule has 0 heterocycles. The van der Waals surface area contributed by atoms with E-state index in [2.05, 4.69) is 48.3 Å². The van der Waals surface area contributed by atoms with Crippen LogP contribution in [-0.2, 0) is 0 Å². The summed E-state index contributed by atoms with van der Waals surface area (Å²) in [5.74, 6) is 0. The average Bonchev–Trinajstić information content (AvgIpc) is 2.51. The van der Waals surface area contributed by atoms with E-state index >= 15 is 0 Å². The Morgan fingerprint density at radius 1 is 0.905 bits per heavy atom. The first-order valence-electron chi connectivity index (χ1n) is 6.50. The Hall–Kier alpha value is -1.71. The quantitative estimate of drug-likeness (QED) is 0.388. The molecule has 2 nitrogen and oxygen atoms in total. The van der Waals surface area contributed by atoms with Gasteiger partial charge in [-0.15, -0.1) is 12.4 Å². The molecule has 0 unspecified atom stereocenters. The summed E-state index contributed by atoms with van der Waals surface area (Å²) in [6.07, 6.45) is 1.94. The zero-order valence-electron chi connectivity index (χ0n) is 12.0. The highest BCUT2D eigenvalue weighted by Gasteiger charge is 2.10. The largest absolute Gasteiger partial charge is 0.378 e. The van der Waals surface area contributed by atoms with Crippen LogP contribution >= 0.6 is 24.2 Å². The average molecular weight is 317 g/mol. The number of hydrogen-bond acceptors (Lipinski definition) is 2. The molecule has 0 amide bonds. The Morgan fingerprint density at radius 3 is 1.76 bits per heavy atom. The maximum absolute atomic E-state index is 5.94. The van der Waals surface area contributed by atoms with Crippen molar-refractivity contribution < 1.29 is 0 Å². The number of aryl methyl sites for hydroxylation is 1. The molecule has 108 valence electrons. The highest BCUT2D eigenvalue weighted by Crippen LogP contribution is 2.38. The van der Waals surface area contributed by atoms with Gasteiger partial charge in [0.25, 0.3) is 0 Å².